The van der Waals surface area contributed by atoms with E-state index < -0.39 is 0 Å². The number of piperidine rings is 1. The van der Waals surface area contributed by atoms with Gasteiger partial charge in [-0.05, 0) is 51.0 Å². The summed E-state index contributed by atoms with van der Waals surface area (Å²) in [7, 11) is 0. The summed E-state index contributed by atoms with van der Waals surface area (Å²) in [6.07, 6.45) is 4.98. The Morgan fingerprint density at radius 2 is 2.09 bits per heavy atom. The van der Waals surface area contributed by atoms with E-state index in [4.69, 9.17) is 14.0 Å². The maximum absolute atomic E-state index is 6.22. The van der Waals surface area contributed by atoms with Gasteiger partial charge in [0.15, 0.2) is 5.82 Å². The van der Waals surface area contributed by atoms with Crippen molar-refractivity contribution < 1.29 is 14.0 Å². The second-order valence-corrected chi connectivity index (χ2v) is 6.94. The molecule has 0 N–H and O–H groups in total. The van der Waals surface area contributed by atoms with Gasteiger partial charge in [0, 0.05) is 26.3 Å². The first-order valence-electron chi connectivity index (χ1n) is 8.53. The predicted molar refractivity (Wildman–Crippen MR) is 79.4 cm³/mol. The molecule has 0 aromatic carbocycles. The second kappa shape index (κ2) is 6.26. The van der Waals surface area contributed by atoms with E-state index in [2.05, 4.69) is 15.0 Å². The number of hydrogen-bond acceptors (Lipinski definition) is 6. The molecule has 4 rings (SSSR count). The second-order valence-electron chi connectivity index (χ2n) is 6.94. The normalized spacial score (nSPS) is 34.0. The highest BCUT2D eigenvalue weighted by Gasteiger charge is 2.41. The van der Waals surface area contributed by atoms with Gasteiger partial charge < -0.3 is 18.9 Å². The SMILES string of the molecule is Cc1noc([C@H]2C[C@@H]3CCN(CC4CCOCC4)C[C@H]3O2)n1. The summed E-state index contributed by atoms with van der Waals surface area (Å²) in [5, 5.41) is 3.88. The van der Waals surface area contributed by atoms with Crippen LogP contribution in [-0.4, -0.2) is 54.0 Å². The molecule has 3 aliphatic heterocycles. The maximum Gasteiger partial charge on any atom is 0.255 e. The highest BCUT2D eigenvalue weighted by Crippen LogP contribution is 2.40. The van der Waals surface area contributed by atoms with Crippen LogP contribution < -0.4 is 0 Å². The monoisotopic (exact) mass is 307 g/mol. The quantitative estimate of drug-likeness (QED) is 0.851. The largest absolute Gasteiger partial charge is 0.381 e. The average molecular weight is 307 g/mol. The molecule has 0 unspecified atom stereocenters. The number of hydrogen-bond donors (Lipinski definition) is 0. The summed E-state index contributed by atoms with van der Waals surface area (Å²) in [5.41, 5.74) is 0. The van der Waals surface area contributed by atoms with Gasteiger partial charge in [0.25, 0.3) is 5.89 Å². The first kappa shape index (κ1) is 14.6. The third-order valence-electron chi connectivity index (χ3n) is 5.31. The Labute approximate surface area is 131 Å². The Hall–Kier alpha value is -0.980. The lowest BCUT2D eigenvalue weighted by Gasteiger charge is -2.36. The lowest BCUT2D eigenvalue weighted by atomic mass is 9.90. The molecule has 6 heteroatoms. The molecule has 0 radical (unpaired) electrons. The third-order valence-corrected chi connectivity index (χ3v) is 5.31. The summed E-state index contributed by atoms with van der Waals surface area (Å²) in [6, 6.07) is 0. The molecule has 0 spiro atoms. The zero-order chi connectivity index (χ0) is 14.9. The smallest absolute Gasteiger partial charge is 0.255 e. The van der Waals surface area contributed by atoms with Crippen molar-refractivity contribution in [3.8, 4) is 0 Å². The maximum atomic E-state index is 6.22. The van der Waals surface area contributed by atoms with Crippen LogP contribution in [0, 0.1) is 18.8 Å². The van der Waals surface area contributed by atoms with Crippen LogP contribution in [0.2, 0.25) is 0 Å². The number of likely N-dealkylation sites (tertiary alicyclic amines) is 1. The molecule has 0 amide bonds. The minimum Gasteiger partial charge on any atom is -0.381 e. The van der Waals surface area contributed by atoms with E-state index in [0.717, 1.165) is 32.1 Å². The number of nitrogens with zero attached hydrogens (tertiary/aromatic N) is 3. The van der Waals surface area contributed by atoms with Gasteiger partial charge in [-0.25, -0.2) is 0 Å². The van der Waals surface area contributed by atoms with Gasteiger partial charge in [0.2, 0.25) is 0 Å². The molecule has 0 bridgehead atoms. The first-order valence-corrected chi connectivity index (χ1v) is 8.53. The van der Waals surface area contributed by atoms with Gasteiger partial charge in [-0.15, -0.1) is 0 Å². The van der Waals surface area contributed by atoms with Crippen molar-refractivity contribution >= 4 is 0 Å². The molecule has 0 aliphatic carbocycles. The summed E-state index contributed by atoms with van der Waals surface area (Å²) in [4.78, 5) is 6.91. The van der Waals surface area contributed by atoms with Gasteiger partial charge in [0.05, 0.1) is 6.10 Å². The molecule has 3 fully saturated rings. The van der Waals surface area contributed by atoms with Crippen molar-refractivity contribution in [1.82, 2.24) is 15.0 Å². The molecule has 3 atom stereocenters. The van der Waals surface area contributed by atoms with E-state index in [9.17, 15) is 0 Å². The van der Waals surface area contributed by atoms with Crippen molar-refractivity contribution in [2.75, 3.05) is 32.8 Å². The van der Waals surface area contributed by atoms with Gasteiger partial charge in [-0.2, -0.15) is 4.98 Å². The molecule has 3 aliphatic rings. The van der Waals surface area contributed by atoms with Gasteiger partial charge in [-0.3, -0.25) is 0 Å². The fourth-order valence-electron chi connectivity index (χ4n) is 4.06. The van der Waals surface area contributed by atoms with Gasteiger partial charge in [0.1, 0.15) is 6.10 Å². The van der Waals surface area contributed by atoms with Crippen molar-refractivity contribution in [2.24, 2.45) is 11.8 Å². The molecular formula is C16H25N3O3. The molecule has 6 nitrogen and oxygen atoms in total. The zero-order valence-corrected chi connectivity index (χ0v) is 13.2. The summed E-state index contributed by atoms with van der Waals surface area (Å²) >= 11 is 0. The van der Waals surface area contributed by atoms with Crippen LogP contribution in [0.4, 0.5) is 0 Å². The van der Waals surface area contributed by atoms with Crippen molar-refractivity contribution in [3.05, 3.63) is 11.7 Å². The van der Waals surface area contributed by atoms with E-state index >= 15 is 0 Å². The lowest BCUT2D eigenvalue weighted by molar-refractivity contribution is -0.0255. The van der Waals surface area contributed by atoms with Crippen LogP contribution >= 0.6 is 0 Å². The highest BCUT2D eigenvalue weighted by molar-refractivity contribution is 4.97. The molecule has 0 saturated carbocycles. The Morgan fingerprint density at radius 3 is 2.86 bits per heavy atom. The zero-order valence-electron chi connectivity index (χ0n) is 13.2. The molecule has 1 aromatic heterocycles. The minimum absolute atomic E-state index is 0.000712. The molecular weight excluding hydrogens is 282 g/mol. The van der Waals surface area contributed by atoms with Crippen LogP contribution in [0.3, 0.4) is 0 Å². The van der Waals surface area contributed by atoms with Crippen LogP contribution in [0.25, 0.3) is 0 Å². The average Bonchev–Trinajstić information content (AvgIpc) is 3.14. The van der Waals surface area contributed by atoms with E-state index in [0.29, 0.717) is 23.7 Å². The van der Waals surface area contributed by atoms with Crippen LogP contribution in [0.5, 0.6) is 0 Å². The molecule has 122 valence electrons. The topological polar surface area (TPSA) is 60.6 Å². The van der Waals surface area contributed by atoms with Crippen LogP contribution in [0.1, 0.15) is 43.5 Å². The standard InChI is InChI=1S/C16H25N3O3/c1-11-17-16(22-18-11)14-8-13-2-5-19(10-15(13)21-14)9-12-3-6-20-7-4-12/h12-15H,2-10H2,1H3/t13-,14+,15+/m0/s1. The summed E-state index contributed by atoms with van der Waals surface area (Å²) in [6.45, 7) is 7.15. The first-order chi connectivity index (χ1) is 10.8. The van der Waals surface area contributed by atoms with E-state index in [1.165, 1.54) is 32.4 Å². The fourth-order valence-corrected chi connectivity index (χ4v) is 4.06. The van der Waals surface area contributed by atoms with Gasteiger partial charge >= 0.3 is 0 Å². The molecule has 3 saturated heterocycles. The third kappa shape index (κ3) is 3.05. The number of aromatic nitrogens is 2. The Morgan fingerprint density at radius 1 is 1.23 bits per heavy atom. The van der Waals surface area contributed by atoms with Crippen molar-refractivity contribution in [3.63, 3.8) is 0 Å². The van der Waals surface area contributed by atoms with E-state index in [-0.39, 0.29) is 6.10 Å². The van der Waals surface area contributed by atoms with Crippen LogP contribution in [-0.2, 0) is 9.47 Å². The Kier molecular flexibility index (Phi) is 4.15. The number of aryl methyl sites for hydroxylation is 1. The summed E-state index contributed by atoms with van der Waals surface area (Å²) < 4.78 is 17.0. The molecule has 1 aromatic rings. The van der Waals surface area contributed by atoms with E-state index in [1.54, 1.807) is 0 Å². The molecule has 22 heavy (non-hydrogen) atoms. The van der Waals surface area contributed by atoms with Gasteiger partial charge in [-0.1, -0.05) is 5.16 Å². The number of rotatable bonds is 3. The van der Waals surface area contributed by atoms with E-state index in [1.807, 2.05) is 6.92 Å². The molecule has 4 heterocycles. The lowest BCUT2D eigenvalue weighted by Crippen LogP contribution is -2.44. The number of ether oxygens (including phenoxy) is 2. The fraction of sp³-hybridized carbons (Fsp3) is 0.875. The Balaban J connectivity index is 1.33. The van der Waals surface area contributed by atoms with Crippen LogP contribution in [0.15, 0.2) is 4.52 Å². The predicted octanol–water partition coefficient (Wildman–Crippen LogP) is 1.96. The Bertz CT molecular complexity index is 501. The summed E-state index contributed by atoms with van der Waals surface area (Å²) in [5.74, 6) is 2.78. The van der Waals surface area contributed by atoms with Crippen molar-refractivity contribution in [1.29, 1.82) is 0 Å². The van der Waals surface area contributed by atoms with Crippen molar-refractivity contribution in [2.45, 2.75) is 44.8 Å². The number of fused-ring (bicyclic) bond motifs is 1. The highest BCUT2D eigenvalue weighted by atomic mass is 16.5. The minimum atomic E-state index is -0.000712.